The molecule has 0 saturated carbocycles. The summed E-state index contributed by atoms with van der Waals surface area (Å²) in [5, 5.41) is 6.39. The van der Waals surface area contributed by atoms with Crippen LogP contribution in [0, 0.1) is 0 Å². The number of nitrogen functional groups attached to an aromatic ring is 1. The van der Waals surface area contributed by atoms with Gasteiger partial charge in [0.25, 0.3) is 5.91 Å². The normalized spacial score (nSPS) is 10.3. The van der Waals surface area contributed by atoms with E-state index in [0.29, 0.717) is 10.0 Å². The third-order valence-corrected chi connectivity index (χ3v) is 4.35. The van der Waals surface area contributed by atoms with Gasteiger partial charge in [-0.1, -0.05) is 34.2 Å². The Balaban J connectivity index is 2.25. The molecule has 2 aromatic rings. The highest BCUT2D eigenvalue weighted by molar-refractivity contribution is 9.10. The summed E-state index contributed by atoms with van der Waals surface area (Å²) in [5.41, 5.74) is 7.61. The summed E-state index contributed by atoms with van der Waals surface area (Å²) >= 11 is 4.66. The lowest BCUT2D eigenvalue weighted by atomic mass is 10.1. The van der Waals surface area contributed by atoms with Gasteiger partial charge in [0.05, 0.1) is 0 Å². The Labute approximate surface area is 129 Å². The molecule has 1 aromatic heterocycles. The molecule has 4 N–H and O–H groups in total. The predicted molar refractivity (Wildman–Crippen MR) is 87.5 cm³/mol. The minimum absolute atomic E-state index is 0.237. The lowest BCUT2D eigenvalue weighted by molar-refractivity contribution is 0.103. The molecule has 0 aliphatic carbocycles. The predicted octanol–water partition coefficient (Wildman–Crippen LogP) is 3.34. The van der Waals surface area contributed by atoms with Crippen LogP contribution in [0.4, 0.5) is 16.6 Å². The molecule has 0 saturated heterocycles. The second-order valence-electron chi connectivity index (χ2n) is 4.09. The average Bonchev–Trinajstić information content (AvgIpc) is 2.82. The van der Waals surface area contributed by atoms with Crippen LogP contribution in [0.5, 0.6) is 0 Å². The summed E-state index contributed by atoms with van der Waals surface area (Å²) in [6.07, 6.45) is 0.828. The molecule has 0 aliphatic rings. The van der Waals surface area contributed by atoms with Crippen molar-refractivity contribution < 1.29 is 4.79 Å². The number of carbonyl (C=O) groups excluding carboxylic acids is 1. The Morgan fingerprint density at radius 3 is 2.85 bits per heavy atom. The van der Waals surface area contributed by atoms with Crippen molar-refractivity contribution in [2.24, 2.45) is 0 Å². The van der Waals surface area contributed by atoms with E-state index in [-0.39, 0.29) is 11.7 Å². The van der Waals surface area contributed by atoms with E-state index in [1.54, 1.807) is 7.05 Å². The van der Waals surface area contributed by atoms with Gasteiger partial charge in [0, 0.05) is 17.2 Å². The van der Waals surface area contributed by atoms with Crippen LogP contribution >= 0.6 is 27.3 Å². The summed E-state index contributed by atoms with van der Waals surface area (Å²) in [4.78, 5) is 16.7. The number of nitrogens with two attached hydrogens (primary N) is 1. The maximum atomic E-state index is 12.3. The van der Waals surface area contributed by atoms with Crippen LogP contribution in [0.1, 0.15) is 22.2 Å². The molecule has 0 fully saturated rings. The number of aromatic nitrogens is 1. The zero-order valence-electron chi connectivity index (χ0n) is 11.2. The third-order valence-electron chi connectivity index (χ3n) is 2.77. The molecule has 0 spiro atoms. The molecule has 0 radical (unpaired) electrons. The fourth-order valence-corrected chi connectivity index (χ4v) is 2.90. The van der Waals surface area contributed by atoms with Crippen molar-refractivity contribution in [2.75, 3.05) is 23.4 Å². The van der Waals surface area contributed by atoms with Gasteiger partial charge in [-0.15, -0.1) is 0 Å². The number of amides is 1. The van der Waals surface area contributed by atoms with E-state index >= 15 is 0 Å². The van der Waals surface area contributed by atoms with Crippen molar-refractivity contribution in [1.82, 2.24) is 4.98 Å². The van der Waals surface area contributed by atoms with Crippen molar-refractivity contribution in [1.29, 1.82) is 0 Å². The van der Waals surface area contributed by atoms with Crippen LogP contribution in [-0.2, 0) is 6.42 Å². The fourth-order valence-electron chi connectivity index (χ4n) is 1.76. The molecule has 2 rings (SSSR count). The Morgan fingerprint density at radius 1 is 1.50 bits per heavy atom. The second-order valence-corrected chi connectivity index (χ2v) is 6.01. The van der Waals surface area contributed by atoms with Crippen LogP contribution in [0.3, 0.4) is 0 Å². The van der Waals surface area contributed by atoms with E-state index in [2.05, 4.69) is 31.5 Å². The highest BCUT2D eigenvalue weighted by Crippen LogP contribution is 2.27. The zero-order chi connectivity index (χ0) is 14.7. The van der Waals surface area contributed by atoms with Crippen LogP contribution in [-0.4, -0.2) is 17.9 Å². The lowest BCUT2D eigenvalue weighted by Crippen LogP contribution is -2.13. The molecule has 0 atom stereocenters. The lowest BCUT2D eigenvalue weighted by Gasteiger charge is -2.09. The fraction of sp³-hybridized carbons (Fsp3) is 0.231. The maximum Gasteiger partial charge on any atom is 0.269 e. The second kappa shape index (κ2) is 6.23. The van der Waals surface area contributed by atoms with E-state index in [0.717, 1.165) is 22.1 Å². The number of anilines is 3. The number of nitrogens with zero attached hydrogens (tertiary/aromatic N) is 1. The first-order valence-electron chi connectivity index (χ1n) is 6.09. The van der Waals surface area contributed by atoms with Crippen molar-refractivity contribution in [3.63, 3.8) is 0 Å². The average molecular weight is 355 g/mol. The van der Waals surface area contributed by atoms with Crippen LogP contribution in [0.25, 0.3) is 0 Å². The monoisotopic (exact) mass is 354 g/mol. The Bertz CT molecular complexity index is 641. The van der Waals surface area contributed by atoms with Gasteiger partial charge in [0.1, 0.15) is 10.7 Å². The quantitative estimate of drug-likeness (QED) is 0.786. The molecule has 106 valence electrons. The van der Waals surface area contributed by atoms with E-state index in [9.17, 15) is 4.79 Å². The largest absolute Gasteiger partial charge is 0.382 e. The minimum atomic E-state index is -0.237. The summed E-state index contributed by atoms with van der Waals surface area (Å²) in [5.74, 6) is 0.00512. The summed E-state index contributed by atoms with van der Waals surface area (Å²) < 4.78 is 0.988. The van der Waals surface area contributed by atoms with E-state index in [1.807, 2.05) is 25.1 Å². The molecule has 1 aromatic carbocycles. The molecular weight excluding hydrogens is 340 g/mol. The molecule has 7 heteroatoms. The summed E-state index contributed by atoms with van der Waals surface area (Å²) in [6, 6.07) is 5.76. The Morgan fingerprint density at radius 2 is 2.25 bits per heavy atom. The molecule has 20 heavy (non-hydrogen) atoms. The maximum absolute atomic E-state index is 12.3. The molecule has 5 nitrogen and oxygen atoms in total. The van der Waals surface area contributed by atoms with Gasteiger partial charge in [-0.05, 0) is 30.2 Å². The van der Waals surface area contributed by atoms with E-state index < -0.39 is 0 Å². The number of hydrogen-bond acceptors (Lipinski definition) is 5. The molecule has 0 unspecified atom stereocenters. The number of thiazole rings is 1. The van der Waals surface area contributed by atoms with Crippen LogP contribution < -0.4 is 16.4 Å². The number of nitrogens with one attached hydrogen (secondary N) is 2. The Hall–Kier alpha value is -1.60. The minimum Gasteiger partial charge on any atom is -0.382 e. The van der Waals surface area contributed by atoms with Gasteiger partial charge >= 0.3 is 0 Å². The number of rotatable bonds is 4. The number of halogens is 1. The van der Waals surface area contributed by atoms with Crippen molar-refractivity contribution >= 4 is 49.8 Å². The summed E-state index contributed by atoms with van der Waals surface area (Å²) in [7, 11) is 1.74. The van der Waals surface area contributed by atoms with Gasteiger partial charge in [0.15, 0.2) is 5.13 Å². The van der Waals surface area contributed by atoms with Gasteiger partial charge in [0.2, 0.25) is 0 Å². The van der Waals surface area contributed by atoms with Crippen molar-refractivity contribution in [2.45, 2.75) is 13.3 Å². The highest BCUT2D eigenvalue weighted by atomic mass is 79.9. The van der Waals surface area contributed by atoms with E-state index in [1.165, 1.54) is 11.3 Å². The van der Waals surface area contributed by atoms with Crippen molar-refractivity contribution in [3.05, 3.63) is 33.1 Å². The highest BCUT2D eigenvalue weighted by Gasteiger charge is 2.16. The number of aryl methyl sites for hydroxylation is 1. The molecular formula is C13H15BrN4OS. The summed E-state index contributed by atoms with van der Waals surface area (Å²) in [6.45, 7) is 2.04. The SMILES string of the molecule is CCc1cc(Br)ccc1NC(=O)c1sc(NC)nc1N. The number of carbonyl (C=O) groups is 1. The first-order chi connectivity index (χ1) is 9.55. The van der Waals surface area contributed by atoms with Crippen LogP contribution in [0.2, 0.25) is 0 Å². The number of hydrogen-bond donors (Lipinski definition) is 3. The van der Waals surface area contributed by atoms with Crippen molar-refractivity contribution in [3.8, 4) is 0 Å². The van der Waals surface area contributed by atoms with Gasteiger partial charge in [-0.25, -0.2) is 4.98 Å². The van der Waals surface area contributed by atoms with Gasteiger partial charge in [-0.2, -0.15) is 0 Å². The first kappa shape index (κ1) is 14.8. The van der Waals surface area contributed by atoms with Gasteiger partial charge < -0.3 is 16.4 Å². The van der Waals surface area contributed by atoms with E-state index in [4.69, 9.17) is 5.73 Å². The molecule has 0 bridgehead atoms. The molecule has 1 amide bonds. The topological polar surface area (TPSA) is 80.0 Å². The Kier molecular flexibility index (Phi) is 4.61. The standard InChI is InChI=1S/C13H15BrN4OS/c1-3-7-6-8(14)4-5-9(7)17-12(19)10-11(15)18-13(16-2)20-10/h4-6H,3,15H2,1-2H3,(H,16,18)(H,17,19). The first-order valence-corrected chi connectivity index (χ1v) is 7.70. The third kappa shape index (κ3) is 3.10. The number of benzene rings is 1. The van der Waals surface area contributed by atoms with Crippen LogP contribution in [0.15, 0.2) is 22.7 Å². The smallest absolute Gasteiger partial charge is 0.269 e. The van der Waals surface area contributed by atoms with Gasteiger partial charge in [-0.3, -0.25) is 4.79 Å². The zero-order valence-corrected chi connectivity index (χ0v) is 13.6. The molecule has 0 aliphatic heterocycles. The molecule has 1 heterocycles.